The van der Waals surface area contributed by atoms with Crippen molar-refractivity contribution in [2.75, 3.05) is 0 Å². The third-order valence-electron chi connectivity index (χ3n) is 9.68. The number of hydrogen-bond acceptors (Lipinski definition) is 2. The van der Waals surface area contributed by atoms with Crippen molar-refractivity contribution in [3.63, 3.8) is 0 Å². The lowest BCUT2D eigenvalue weighted by Crippen LogP contribution is -2.28. The van der Waals surface area contributed by atoms with E-state index in [1.165, 1.54) is 65.7 Å². The van der Waals surface area contributed by atoms with Gasteiger partial charge in [-0.15, -0.1) is 0 Å². The minimum absolute atomic E-state index is 0.113. The van der Waals surface area contributed by atoms with Gasteiger partial charge in [0.2, 0.25) is 0 Å². The maximum absolute atomic E-state index is 6.85. The van der Waals surface area contributed by atoms with Crippen molar-refractivity contribution in [2.24, 2.45) is 5.73 Å². The topological polar surface area (TPSA) is 38.0 Å². The van der Waals surface area contributed by atoms with E-state index < -0.39 is 0 Å². The maximum atomic E-state index is 6.85. The summed E-state index contributed by atoms with van der Waals surface area (Å²) in [6, 6.07) is 50.4. The van der Waals surface area contributed by atoms with Gasteiger partial charge >= 0.3 is 0 Å². The molecule has 0 heterocycles. The highest BCUT2D eigenvalue weighted by molar-refractivity contribution is 6.07. The van der Waals surface area contributed by atoms with Crippen LogP contribution in [0.1, 0.15) is 47.8 Å². The highest BCUT2D eigenvalue weighted by Gasteiger charge is 2.37. The second-order valence-electron chi connectivity index (χ2n) is 12.8. The van der Waals surface area contributed by atoms with Gasteiger partial charge in [-0.2, -0.15) is 0 Å². The summed E-state index contributed by atoms with van der Waals surface area (Å²) < 4.78 is 0. The summed E-state index contributed by atoms with van der Waals surface area (Å²) in [5, 5.41) is 11.4. The van der Waals surface area contributed by atoms with E-state index in [0.717, 1.165) is 17.7 Å². The molecule has 0 amide bonds. The zero-order valence-electron chi connectivity index (χ0n) is 25.7. The molecule has 0 saturated heterocycles. The minimum atomic E-state index is -0.346. The Kier molecular flexibility index (Phi) is 6.55. The smallest absolute Gasteiger partial charge is 0.101 e. The second-order valence-corrected chi connectivity index (χ2v) is 12.8. The van der Waals surface area contributed by atoms with Crippen LogP contribution in [0.15, 0.2) is 146 Å². The van der Waals surface area contributed by atoms with E-state index >= 15 is 0 Å². The van der Waals surface area contributed by atoms with Crippen LogP contribution in [0.5, 0.6) is 0 Å². The molecular weight excluding hydrogens is 544 g/mol. The van der Waals surface area contributed by atoms with Gasteiger partial charge in [0, 0.05) is 16.7 Å². The van der Waals surface area contributed by atoms with Gasteiger partial charge < -0.3 is 11.1 Å². The zero-order chi connectivity index (χ0) is 30.5. The van der Waals surface area contributed by atoms with E-state index in [1.807, 2.05) is 18.2 Å². The second kappa shape index (κ2) is 10.8. The standard InChI is InChI=1S/C43H36N2/c1-43(2)38-18-10-17-36(41(38)37-26-31-14-6-7-15-32(31)27-39(37)43)40(45-42(44)30-12-4-3-5-13-30)24-20-28-19-23-35-33(25-28)22-21-29-11-8-9-16-34(29)35/h3-19,21-27,42,45H,20,44H2,1-2H3/b40-24-. The van der Waals surface area contributed by atoms with Gasteiger partial charge in [0.25, 0.3) is 0 Å². The first-order valence-corrected chi connectivity index (χ1v) is 15.8. The fraction of sp³-hybridized carbons (Fsp3) is 0.116. The molecule has 1 aliphatic rings. The largest absolute Gasteiger partial charge is 0.366 e. The number of nitrogens with two attached hydrogens (primary N) is 1. The van der Waals surface area contributed by atoms with Gasteiger partial charge in [0.15, 0.2) is 0 Å². The number of fused-ring (bicyclic) bond motifs is 7. The third-order valence-corrected chi connectivity index (χ3v) is 9.68. The fourth-order valence-corrected chi connectivity index (χ4v) is 7.26. The van der Waals surface area contributed by atoms with Crippen LogP contribution in [-0.4, -0.2) is 0 Å². The molecule has 7 aromatic carbocycles. The van der Waals surface area contributed by atoms with Gasteiger partial charge in [-0.05, 0) is 84.3 Å². The summed E-state index contributed by atoms with van der Waals surface area (Å²) in [6.45, 7) is 4.70. The Bertz CT molecular complexity index is 2260. The molecule has 218 valence electrons. The average molecular weight is 581 g/mol. The monoisotopic (exact) mass is 580 g/mol. The highest BCUT2D eigenvalue weighted by Crippen LogP contribution is 2.52. The van der Waals surface area contributed by atoms with Crippen molar-refractivity contribution in [1.82, 2.24) is 5.32 Å². The molecule has 45 heavy (non-hydrogen) atoms. The van der Waals surface area contributed by atoms with Crippen LogP contribution in [0.2, 0.25) is 0 Å². The van der Waals surface area contributed by atoms with Gasteiger partial charge in [-0.25, -0.2) is 0 Å². The highest BCUT2D eigenvalue weighted by atomic mass is 15.0. The Morgan fingerprint density at radius 3 is 2.16 bits per heavy atom. The summed E-state index contributed by atoms with van der Waals surface area (Å²) in [5.41, 5.74) is 16.6. The van der Waals surface area contributed by atoms with E-state index in [4.69, 9.17) is 5.73 Å². The lowest BCUT2D eigenvalue weighted by atomic mass is 9.81. The lowest BCUT2D eigenvalue weighted by Gasteiger charge is -2.23. The molecule has 0 bridgehead atoms. The van der Waals surface area contributed by atoms with E-state index in [0.29, 0.717) is 0 Å². The summed E-state index contributed by atoms with van der Waals surface area (Å²) in [7, 11) is 0. The molecule has 2 heteroatoms. The van der Waals surface area contributed by atoms with E-state index in [2.05, 4.69) is 147 Å². The van der Waals surface area contributed by atoms with Crippen LogP contribution in [0.4, 0.5) is 0 Å². The molecule has 1 unspecified atom stereocenters. The quantitative estimate of drug-likeness (QED) is 0.152. The Morgan fingerprint density at radius 2 is 1.33 bits per heavy atom. The van der Waals surface area contributed by atoms with Gasteiger partial charge in [-0.1, -0.05) is 147 Å². The van der Waals surface area contributed by atoms with Gasteiger partial charge in [0.1, 0.15) is 6.17 Å². The molecule has 3 N–H and O–H groups in total. The van der Waals surface area contributed by atoms with Crippen LogP contribution in [0, 0.1) is 0 Å². The Hall–Kier alpha value is -5.18. The molecule has 8 rings (SSSR count). The van der Waals surface area contributed by atoms with Crippen molar-refractivity contribution in [2.45, 2.75) is 31.8 Å². The summed E-state index contributed by atoms with van der Waals surface area (Å²) in [5.74, 6) is 0. The molecule has 0 fully saturated rings. The lowest BCUT2D eigenvalue weighted by molar-refractivity contribution is 0.659. The molecular formula is C43H36N2. The van der Waals surface area contributed by atoms with E-state index in [9.17, 15) is 0 Å². The van der Waals surface area contributed by atoms with Crippen molar-refractivity contribution in [3.05, 3.63) is 173 Å². The maximum Gasteiger partial charge on any atom is 0.101 e. The number of nitrogens with one attached hydrogen (secondary N) is 1. The Labute approximate surface area is 264 Å². The van der Waals surface area contributed by atoms with Crippen LogP contribution >= 0.6 is 0 Å². The summed E-state index contributed by atoms with van der Waals surface area (Å²) in [4.78, 5) is 0. The molecule has 7 aromatic rings. The van der Waals surface area contributed by atoms with Crippen molar-refractivity contribution < 1.29 is 0 Å². The first-order valence-electron chi connectivity index (χ1n) is 15.8. The molecule has 0 aromatic heterocycles. The molecule has 0 spiro atoms. The van der Waals surface area contributed by atoms with Crippen molar-refractivity contribution >= 4 is 38.0 Å². The SMILES string of the molecule is CC1(C)c2cc3ccccc3cc2-c2c(/C(=C/Cc3ccc4c(ccc5ccccc54)c3)NC(N)c3ccccc3)cccc21. The number of rotatable bonds is 6. The molecule has 0 saturated carbocycles. The fourth-order valence-electron chi connectivity index (χ4n) is 7.26. The van der Waals surface area contributed by atoms with E-state index in [1.54, 1.807) is 0 Å². The molecule has 1 aliphatic carbocycles. The first kappa shape index (κ1) is 27.4. The Morgan fingerprint density at radius 1 is 0.644 bits per heavy atom. The zero-order valence-corrected chi connectivity index (χ0v) is 25.7. The predicted octanol–water partition coefficient (Wildman–Crippen LogP) is 10.3. The van der Waals surface area contributed by atoms with Crippen molar-refractivity contribution in [1.29, 1.82) is 0 Å². The van der Waals surface area contributed by atoms with E-state index in [-0.39, 0.29) is 11.6 Å². The van der Waals surface area contributed by atoms with Crippen LogP contribution in [0.25, 0.3) is 49.1 Å². The molecule has 0 aliphatic heterocycles. The van der Waals surface area contributed by atoms with Crippen LogP contribution in [-0.2, 0) is 11.8 Å². The predicted molar refractivity (Wildman–Crippen MR) is 191 cm³/mol. The molecule has 0 radical (unpaired) electrons. The Balaban J connectivity index is 1.26. The summed E-state index contributed by atoms with van der Waals surface area (Å²) in [6.07, 6.45) is 2.76. The number of hydrogen-bond donors (Lipinski definition) is 2. The molecule has 1 atom stereocenters. The van der Waals surface area contributed by atoms with Crippen LogP contribution in [0.3, 0.4) is 0 Å². The first-order chi connectivity index (χ1) is 22.0. The third kappa shape index (κ3) is 4.70. The number of benzene rings is 7. The van der Waals surface area contributed by atoms with Gasteiger partial charge in [0.05, 0.1) is 0 Å². The normalized spacial score (nSPS) is 14.4. The van der Waals surface area contributed by atoms with Crippen molar-refractivity contribution in [3.8, 4) is 11.1 Å². The van der Waals surface area contributed by atoms with Gasteiger partial charge in [-0.3, -0.25) is 0 Å². The average Bonchev–Trinajstić information content (AvgIpc) is 3.31. The summed E-state index contributed by atoms with van der Waals surface area (Å²) >= 11 is 0. The van der Waals surface area contributed by atoms with Crippen LogP contribution < -0.4 is 11.1 Å². The number of allylic oxidation sites excluding steroid dienone is 1. The molecule has 2 nitrogen and oxygen atoms in total. The minimum Gasteiger partial charge on any atom is -0.366 e.